The van der Waals surface area contributed by atoms with Gasteiger partial charge in [-0.3, -0.25) is 9.69 Å². The van der Waals surface area contributed by atoms with Gasteiger partial charge in [-0.2, -0.15) is 0 Å². The summed E-state index contributed by atoms with van der Waals surface area (Å²) in [6.07, 6.45) is 6.18. The standard InChI is InChI=1S/C23H26N2O4/c1-27-16-9-14-15(10-17(16)28-2)25-20(26)11-19-22-5-3-18-23(14,21(22)25)6-7-24(18)12-13(22)4-8-29-19/h4,9-10,18-19,21H,3,5-8,11-12H2,1-2H3/t18-,19-,21-,22?,23+/m0/s1. The van der Waals surface area contributed by atoms with Crippen molar-refractivity contribution < 1.29 is 19.0 Å². The van der Waals surface area contributed by atoms with Gasteiger partial charge in [0.25, 0.3) is 0 Å². The molecule has 152 valence electrons. The second-order valence-corrected chi connectivity index (χ2v) is 9.50. The fourth-order valence-corrected chi connectivity index (χ4v) is 8.09. The maximum atomic E-state index is 13.5. The lowest BCUT2D eigenvalue weighted by Crippen LogP contribution is -2.70. The normalized spacial score (nSPS) is 42.9. The summed E-state index contributed by atoms with van der Waals surface area (Å²) in [5, 5.41) is 0. The Morgan fingerprint density at radius 2 is 1.97 bits per heavy atom. The van der Waals surface area contributed by atoms with Crippen molar-refractivity contribution in [2.24, 2.45) is 5.41 Å². The van der Waals surface area contributed by atoms with Crippen LogP contribution in [0, 0.1) is 5.41 Å². The Hall–Kier alpha value is -2.05. The SMILES string of the molecule is COc1cc2c(cc1OC)[C@@]13CCN4CC5=CCO[C@H]6CC(=O)N2[C@H]1C56CC[C@H]43. The molecule has 2 unspecified atom stereocenters. The van der Waals surface area contributed by atoms with Crippen molar-refractivity contribution in [3.63, 3.8) is 0 Å². The quantitative estimate of drug-likeness (QED) is 0.721. The number of amides is 1. The molecule has 0 N–H and O–H groups in total. The second-order valence-electron chi connectivity index (χ2n) is 9.50. The first-order valence-electron chi connectivity index (χ1n) is 10.8. The molecule has 1 saturated carbocycles. The van der Waals surface area contributed by atoms with Crippen LogP contribution in [-0.4, -0.2) is 62.9 Å². The molecule has 7 aliphatic rings. The van der Waals surface area contributed by atoms with Gasteiger partial charge in [-0.05, 0) is 43.0 Å². The van der Waals surface area contributed by atoms with Crippen molar-refractivity contribution in [2.75, 3.05) is 38.8 Å². The third kappa shape index (κ3) is 1.62. The molecule has 0 aromatic heterocycles. The van der Waals surface area contributed by atoms with Crippen molar-refractivity contribution in [1.82, 2.24) is 4.90 Å². The smallest absolute Gasteiger partial charge is 0.229 e. The maximum absolute atomic E-state index is 13.5. The molecule has 6 atom stereocenters. The van der Waals surface area contributed by atoms with E-state index < -0.39 is 0 Å². The second kappa shape index (κ2) is 5.16. The van der Waals surface area contributed by atoms with Crippen LogP contribution in [0.5, 0.6) is 11.5 Å². The monoisotopic (exact) mass is 394 g/mol. The van der Waals surface area contributed by atoms with E-state index in [4.69, 9.17) is 14.2 Å². The summed E-state index contributed by atoms with van der Waals surface area (Å²) in [6.45, 7) is 2.77. The number of nitrogens with zero attached hydrogens (tertiary/aromatic N) is 2. The average Bonchev–Trinajstić information content (AvgIpc) is 3.15. The number of ether oxygens (including phenoxy) is 3. The van der Waals surface area contributed by atoms with Gasteiger partial charge in [-0.25, -0.2) is 0 Å². The van der Waals surface area contributed by atoms with Crippen LogP contribution in [0.1, 0.15) is 31.2 Å². The van der Waals surface area contributed by atoms with Gasteiger partial charge >= 0.3 is 0 Å². The Kier molecular flexibility index (Phi) is 2.97. The molecule has 0 radical (unpaired) electrons. The van der Waals surface area contributed by atoms with E-state index in [-0.39, 0.29) is 28.9 Å². The minimum atomic E-state index is -0.0582. The molecule has 6 nitrogen and oxygen atoms in total. The van der Waals surface area contributed by atoms with Gasteiger partial charge in [0.2, 0.25) is 5.91 Å². The molecule has 6 aliphatic heterocycles. The van der Waals surface area contributed by atoms with Crippen LogP contribution >= 0.6 is 0 Å². The van der Waals surface area contributed by atoms with Crippen molar-refractivity contribution >= 4 is 11.6 Å². The molecule has 2 spiro atoms. The van der Waals surface area contributed by atoms with Crippen molar-refractivity contribution in [1.29, 1.82) is 0 Å². The van der Waals surface area contributed by atoms with E-state index in [1.807, 2.05) is 6.07 Å². The molecule has 4 bridgehead atoms. The van der Waals surface area contributed by atoms with Crippen LogP contribution in [0.15, 0.2) is 23.8 Å². The topological polar surface area (TPSA) is 51.2 Å². The number of carbonyl (C=O) groups excluding carboxylic acids is 1. The number of piperidine rings is 1. The number of anilines is 1. The summed E-state index contributed by atoms with van der Waals surface area (Å²) in [5.41, 5.74) is 3.74. The van der Waals surface area contributed by atoms with E-state index in [1.54, 1.807) is 14.2 Å². The molecular weight excluding hydrogens is 368 g/mol. The molecule has 6 heterocycles. The lowest BCUT2D eigenvalue weighted by Gasteiger charge is -2.60. The Labute approximate surface area is 170 Å². The predicted molar refractivity (Wildman–Crippen MR) is 107 cm³/mol. The first-order chi connectivity index (χ1) is 14.1. The number of carbonyl (C=O) groups is 1. The summed E-state index contributed by atoms with van der Waals surface area (Å²) in [6, 6.07) is 4.83. The Balaban J connectivity index is 1.57. The maximum Gasteiger partial charge on any atom is 0.229 e. The largest absolute Gasteiger partial charge is 0.493 e. The minimum absolute atomic E-state index is 0.00716. The van der Waals surface area contributed by atoms with Gasteiger partial charge in [-0.1, -0.05) is 6.08 Å². The Bertz CT molecular complexity index is 989. The van der Waals surface area contributed by atoms with Crippen LogP contribution < -0.4 is 14.4 Å². The van der Waals surface area contributed by atoms with Crippen LogP contribution in [0.25, 0.3) is 0 Å². The number of benzene rings is 1. The van der Waals surface area contributed by atoms with Gasteiger partial charge in [0.1, 0.15) is 0 Å². The molecule has 1 amide bonds. The first-order valence-corrected chi connectivity index (χ1v) is 10.8. The molecule has 4 saturated heterocycles. The molecule has 8 rings (SSSR count). The molecule has 1 aromatic carbocycles. The molecule has 5 fully saturated rings. The van der Waals surface area contributed by atoms with E-state index in [9.17, 15) is 4.79 Å². The highest BCUT2D eigenvalue weighted by molar-refractivity contribution is 6.00. The van der Waals surface area contributed by atoms with Gasteiger partial charge in [-0.15, -0.1) is 0 Å². The van der Waals surface area contributed by atoms with Crippen molar-refractivity contribution in [3.05, 3.63) is 29.3 Å². The molecule has 1 aliphatic carbocycles. The zero-order valence-corrected chi connectivity index (χ0v) is 16.9. The van der Waals surface area contributed by atoms with E-state index in [2.05, 4.69) is 21.9 Å². The fourth-order valence-electron chi connectivity index (χ4n) is 8.09. The van der Waals surface area contributed by atoms with Crippen molar-refractivity contribution in [3.8, 4) is 11.5 Å². The van der Waals surface area contributed by atoms with Gasteiger partial charge in [0.05, 0.1) is 45.1 Å². The van der Waals surface area contributed by atoms with E-state index in [0.29, 0.717) is 24.8 Å². The van der Waals surface area contributed by atoms with Gasteiger partial charge in [0, 0.05) is 29.5 Å². The van der Waals surface area contributed by atoms with E-state index in [1.165, 1.54) is 17.6 Å². The van der Waals surface area contributed by atoms with Crippen LogP contribution in [0.2, 0.25) is 0 Å². The van der Waals surface area contributed by atoms with Crippen LogP contribution in [0.3, 0.4) is 0 Å². The predicted octanol–water partition coefficient (Wildman–Crippen LogP) is 2.25. The molecular formula is C23H26N2O4. The average molecular weight is 394 g/mol. The summed E-state index contributed by atoms with van der Waals surface area (Å²) in [4.78, 5) is 18.4. The highest BCUT2D eigenvalue weighted by atomic mass is 16.5. The number of methoxy groups -OCH3 is 2. The highest BCUT2D eigenvalue weighted by Crippen LogP contribution is 2.70. The summed E-state index contributed by atoms with van der Waals surface area (Å²) in [7, 11) is 3.36. The third-order valence-corrected chi connectivity index (χ3v) is 8.98. The lowest BCUT2D eigenvalue weighted by atomic mass is 9.50. The number of hydrogen-bond donors (Lipinski definition) is 0. The zero-order chi connectivity index (χ0) is 19.5. The number of hydrogen-bond acceptors (Lipinski definition) is 5. The molecule has 29 heavy (non-hydrogen) atoms. The number of fused-ring (bicyclic) bond motifs is 3. The van der Waals surface area contributed by atoms with Gasteiger partial charge in [0.15, 0.2) is 11.5 Å². The summed E-state index contributed by atoms with van der Waals surface area (Å²) >= 11 is 0. The van der Waals surface area contributed by atoms with Gasteiger partial charge < -0.3 is 19.1 Å². The Morgan fingerprint density at radius 3 is 2.79 bits per heavy atom. The van der Waals surface area contributed by atoms with E-state index in [0.717, 1.165) is 37.4 Å². The highest BCUT2D eigenvalue weighted by Gasteiger charge is 2.75. The van der Waals surface area contributed by atoms with Crippen LogP contribution in [-0.2, 0) is 14.9 Å². The summed E-state index contributed by atoms with van der Waals surface area (Å²) < 4.78 is 17.6. The third-order valence-electron chi connectivity index (χ3n) is 8.98. The fraction of sp³-hybridized carbons (Fsp3) is 0.609. The summed E-state index contributed by atoms with van der Waals surface area (Å²) in [5.74, 6) is 1.66. The van der Waals surface area contributed by atoms with E-state index >= 15 is 0 Å². The zero-order valence-electron chi connectivity index (χ0n) is 16.9. The number of rotatable bonds is 2. The molecule has 1 aromatic rings. The van der Waals surface area contributed by atoms with Crippen molar-refractivity contribution in [2.45, 2.75) is 49.3 Å². The van der Waals surface area contributed by atoms with Crippen LogP contribution in [0.4, 0.5) is 5.69 Å². The Morgan fingerprint density at radius 1 is 1.14 bits per heavy atom. The minimum Gasteiger partial charge on any atom is -0.493 e. The molecule has 6 heteroatoms. The first kappa shape index (κ1) is 16.7. The lowest BCUT2D eigenvalue weighted by molar-refractivity contribution is -0.138.